The van der Waals surface area contributed by atoms with E-state index >= 15 is 0 Å². The molecule has 4 rings (SSSR count). The number of ether oxygens (including phenoxy) is 1. The van der Waals surface area contributed by atoms with Crippen LogP contribution in [0.2, 0.25) is 0 Å². The molecular weight excluding hydrogens is 490 g/mol. The van der Waals surface area contributed by atoms with Crippen molar-refractivity contribution in [3.63, 3.8) is 0 Å². The van der Waals surface area contributed by atoms with E-state index in [4.69, 9.17) is 4.74 Å². The highest BCUT2D eigenvalue weighted by Gasteiger charge is 2.26. The van der Waals surface area contributed by atoms with Crippen LogP contribution in [0.3, 0.4) is 0 Å². The number of aryl methyl sites for hydroxylation is 1. The molecule has 0 fully saturated rings. The minimum absolute atomic E-state index is 0.0478. The number of hydrogen-bond acceptors (Lipinski definition) is 4. The first kappa shape index (κ1) is 27.8. The number of carbonyl (C=O) groups is 2. The molecule has 1 amide bonds. The van der Waals surface area contributed by atoms with Crippen molar-refractivity contribution < 1.29 is 14.3 Å². The number of nitrogens with zero attached hydrogens (tertiary/aromatic N) is 2. The van der Waals surface area contributed by atoms with E-state index in [0.29, 0.717) is 24.5 Å². The Morgan fingerprint density at radius 2 is 1.56 bits per heavy atom. The number of aromatic amines is 1. The lowest BCUT2D eigenvalue weighted by Gasteiger charge is -2.21. The van der Waals surface area contributed by atoms with Crippen molar-refractivity contribution in [2.24, 2.45) is 0 Å². The number of H-pyrrole nitrogens is 1. The van der Waals surface area contributed by atoms with Crippen LogP contribution < -0.4 is 5.56 Å². The van der Waals surface area contributed by atoms with Gasteiger partial charge in [0.05, 0.1) is 24.5 Å². The summed E-state index contributed by atoms with van der Waals surface area (Å²) in [7, 11) is 0. The van der Waals surface area contributed by atoms with Gasteiger partial charge in [-0.1, -0.05) is 99.1 Å². The second-order valence-corrected chi connectivity index (χ2v) is 9.42. The maximum Gasteiger partial charge on any atom is 0.282 e. The number of aromatic nitrogens is 2. The van der Waals surface area contributed by atoms with Crippen LogP contribution in [-0.2, 0) is 22.6 Å². The highest BCUT2D eigenvalue weighted by molar-refractivity contribution is 6.04. The largest absolute Gasteiger partial charge is 0.367 e. The molecule has 0 bridgehead atoms. The molecule has 1 N–H and O–H groups in total. The standard InChI is InChI=1S/C32H35N3O4/c1-3-5-20-34(29(37)23-39-22-24-14-8-6-9-15-24)21-28(36)30-31(26-17-10-7-11-18-26)33-35(32(30)38)27-19-13-12-16-25(27)4-2/h6-19,33H,3-5,20-23H2,1-2H3. The van der Waals surface area contributed by atoms with Crippen LogP contribution in [0.25, 0.3) is 16.9 Å². The number of hydrogen-bond donors (Lipinski definition) is 1. The summed E-state index contributed by atoms with van der Waals surface area (Å²) in [6, 6.07) is 26.6. The van der Waals surface area contributed by atoms with Gasteiger partial charge in [0.1, 0.15) is 12.2 Å². The van der Waals surface area contributed by atoms with Gasteiger partial charge in [0, 0.05) is 12.1 Å². The molecule has 39 heavy (non-hydrogen) atoms. The Hall–Kier alpha value is -4.23. The molecule has 7 nitrogen and oxygen atoms in total. The predicted molar refractivity (Wildman–Crippen MR) is 153 cm³/mol. The number of Topliss-reactive ketones (excluding diaryl/α,β-unsaturated/α-hetero) is 1. The summed E-state index contributed by atoms with van der Waals surface area (Å²) in [6.07, 6.45) is 2.33. The van der Waals surface area contributed by atoms with Gasteiger partial charge in [0.2, 0.25) is 5.91 Å². The van der Waals surface area contributed by atoms with Gasteiger partial charge in [-0.05, 0) is 30.0 Å². The molecule has 0 aliphatic rings. The third kappa shape index (κ3) is 6.81. The second kappa shape index (κ2) is 13.5. The normalized spacial score (nSPS) is 10.9. The van der Waals surface area contributed by atoms with Crippen LogP contribution in [0.4, 0.5) is 0 Å². The number of unbranched alkanes of at least 4 members (excludes halogenated alkanes) is 1. The van der Waals surface area contributed by atoms with Gasteiger partial charge in [-0.25, -0.2) is 4.68 Å². The molecule has 0 aliphatic carbocycles. The quantitative estimate of drug-likeness (QED) is 0.236. The van der Waals surface area contributed by atoms with Gasteiger partial charge < -0.3 is 9.64 Å². The molecular formula is C32H35N3O4. The first-order chi connectivity index (χ1) is 19.0. The van der Waals surface area contributed by atoms with Gasteiger partial charge in [-0.15, -0.1) is 0 Å². The molecule has 1 heterocycles. The fourth-order valence-corrected chi connectivity index (χ4v) is 4.52. The minimum Gasteiger partial charge on any atom is -0.367 e. The zero-order valence-corrected chi connectivity index (χ0v) is 22.6. The van der Waals surface area contributed by atoms with Crippen molar-refractivity contribution in [3.8, 4) is 16.9 Å². The number of rotatable bonds is 13. The van der Waals surface area contributed by atoms with Crippen molar-refractivity contribution in [2.45, 2.75) is 39.7 Å². The molecule has 0 atom stereocenters. The highest BCUT2D eigenvalue weighted by Crippen LogP contribution is 2.23. The first-order valence-corrected chi connectivity index (χ1v) is 13.4. The molecule has 4 aromatic rings. The summed E-state index contributed by atoms with van der Waals surface area (Å²) in [5, 5.41) is 3.19. The number of ketones is 1. The Morgan fingerprint density at radius 1 is 0.897 bits per heavy atom. The second-order valence-electron chi connectivity index (χ2n) is 9.42. The van der Waals surface area contributed by atoms with Gasteiger partial charge in [0.15, 0.2) is 5.78 Å². The number of carbonyl (C=O) groups excluding carboxylic acids is 2. The topological polar surface area (TPSA) is 84.4 Å². The van der Waals surface area contributed by atoms with E-state index < -0.39 is 11.3 Å². The van der Waals surface area contributed by atoms with Crippen molar-refractivity contribution in [1.29, 1.82) is 0 Å². The number of benzene rings is 3. The Balaban J connectivity index is 1.62. The van der Waals surface area contributed by atoms with E-state index in [9.17, 15) is 14.4 Å². The third-order valence-corrected chi connectivity index (χ3v) is 6.65. The number of para-hydroxylation sites is 1. The van der Waals surface area contributed by atoms with Crippen LogP contribution in [0.1, 0.15) is 48.2 Å². The average molecular weight is 526 g/mol. The Morgan fingerprint density at radius 3 is 2.26 bits per heavy atom. The summed E-state index contributed by atoms with van der Waals surface area (Å²) in [4.78, 5) is 42.1. The van der Waals surface area contributed by atoms with Crippen molar-refractivity contribution >= 4 is 11.7 Å². The van der Waals surface area contributed by atoms with Crippen LogP contribution in [0, 0.1) is 0 Å². The third-order valence-electron chi connectivity index (χ3n) is 6.65. The summed E-state index contributed by atoms with van der Waals surface area (Å²) in [6.45, 7) is 4.43. The number of nitrogens with one attached hydrogen (secondary N) is 1. The number of amides is 1. The molecule has 1 aromatic heterocycles. The van der Waals surface area contributed by atoms with Gasteiger partial charge >= 0.3 is 0 Å². The monoisotopic (exact) mass is 525 g/mol. The molecule has 0 saturated heterocycles. The van der Waals surface area contributed by atoms with Gasteiger partial charge in [-0.2, -0.15) is 0 Å². The average Bonchev–Trinajstić information content (AvgIpc) is 3.32. The fourth-order valence-electron chi connectivity index (χ4n) is 4.52. The van der Waals surface area contributed by atoms with Crippen molar-refractivity contribution in [1.82, 2.24) is 14.7 Å². The summed E-state index contributed by atoms with van der Waals surface area (Å²) in [5.74, 6) is -0.684. The Kier molecular flexibility index (Phi) is 9.64. The zero-order valence-electron chi connectivity index (χ0n) is 22.6. The molecule has 3 aromatic carbocycles. The van der Waals surface area contributed by atoms with E-state index in [0.717, 1.165) is 36.0 Å². The van der Waals surface area contributed by atoms with E-state index in [1.165, 1.54) is 9.58 Å². The molecule has 0 unspecified atom stereocenters. The van der Waals surface area contributed by atoms with Crippen molar-refractivity contribution in [3.05, 3.63) is 112 Å². The molecule has 0 spiro atoms. The van der Waals surface area contributed by atoms with E-state index in [1.807, 2.05) is 98.8 Å². The Labute approximate surface area is 229 Å². The predicted octanol–water partition coefficient (Wildman–Crippen LogP) is 5.42. The molecule has 202 valence electrons. The summed E-state index contributed by atoms with van der Waals surface area (Å²) < 4.78 is 7.10. The van der Waals surface area contributed by atoms with Crippen molar-refractivity contribution in [2.75, 3.05) is 19.7 Å². The molecule has 7 heteroatoms. The van der Waals surface area contributed by atoms with E-state index in [1.54, 1.807) is 0 Å². The van der Waals surface area contributed by atoms with Gasteiger partial charge in [0.25, 0.3) is 5.56 Å². The molecule has 0 saturated carbocycles. The van der Waals surface area contributed by atoms with E-state index in [-0.39, 0.29) is 24.6 Å². The molecule has 0 aliphatic heterocycles. The highest BCUT2D eigenvalue weighted by atomic mass is 16.5. The first-order valence-electron chi connectivity index (χ1n) is 13.4. The lowest BCUT2D eigenvalue weighted by atomic mass is 10.0. The SMILES string of the molecule is CCCCN(CC(=O)c1c(-c2ccccc2)[nH]n(-c2ccccc2CC)c1=O)C(=O)COCc1ccccc1. The lowest BCUT2D eigenvalue weighted by Crippen LogP contribution is -2.40. The van der Waals surface area contributed by atoms with E-state index in [2.05, 4.69) is 5.10 Å². The maximum atomic E-state index is 13.8. The van der Waals surface area contributed by atoms with Gasteiger partial charge in [-0.3, -0.25) is 19.5 Å². The minimum atomic E-state index is -0.428. The van der Waals surface area contributed by atoms with Crippen LogP contribution in [0.15, 0.2) is 89.7 Å². The van der Waals surface area contributed by atoms with Crippen LogP contribution in [0.5, 0.6) is 0 Å². The van der Waals surface area contributed by atoms with Crippen LogP contribution in [-0.4, -0.2) is 46.1 Å². The summed E-state index contributed by atoms with van der Waals surface area (Å²) in [5.41, 5.74) is 3.44. The zero-order chi connectivity index (χ0) is 27.6. The fraction of sp³-hybridized carbons (Fsp3) is 0.281. The molecule has 0 radical (unpaired) electrons. The smallest absolute Gasteiger partial charge is 0.282 e. The maximum absolute atomic E-state index is 13.8. The van der Waals surface area contributed by atoms with Crippen LogP contribution >= 0.6 is 0 Å². The Bertz CT molecular complexity index is 1440. The summed E-state index contributed by atoms with van der Waals surface area (Å²) >= 11 is 0. The lowest BCUT2D eigenvalue weighted by molar-refractivity contribution is -0.136.